The molecule has 5 aromatic rings. The first-order valence-corrected chi connectivity index (χ1v) is 28.2. The van der Waals surface area contributed by atoms with Gasteiger partial charge in [0.2, 0.25) is 0 Å². The third kappa shape index (κ3) is 24.9. The van der Waals surface area contributed by atoms with E-state index in [9.17, 15) is 54.6 Å². The predicted molar refractivity (Wildman–Crippen MR) is 245 cm³/mol. The topological polar surface area (TPSA) is 356 Å². The van der Waals surface area contributed by atoms with Gasteiger partial charge in [0.05, 0.1) is 46.6 Å². The van der Waals surface area contributed by atoms with Gasteiger partial charge in [-0.15, -0.1) is 12.4 Å². The lowest BCUT2D eigenvalue weighted by atomic mass is 10.4. The minimum Gasteiger partial charge on any atom is -0.403 e. The third-order valence-corrected chi connectivity index (χ3v) is 12.7. The zero-order chi connectivity index (χ0) is 49.4. The number of hydrogen-bond donors (Lipinski definition) is 4. The summed E-state index contributed by atoms with van der Waals surface area (Å²) in [6, 6.07) is 27.7. The van der Waals surface area contributed by atoms with Crippen molar-refractivity contribution in [3.05, 3.63) is 147 Å². The second kappa shape index (κ2) is 29.9. The first-order chi connectivity index (χ1) is 30.9. The molecule has 33 heteroatoms. The number of furan rings is 2. The van der Waals surface area contributed by atoms with E-state index in [1.807, 2.05) is 0 Å². The highest BCUT2D eigenvalue weighted by atomic mass is 36.0. The second-order valence-corrected chi connectivity index (χ2v) is 25.2. The number of rotatable bonds is 22. The van der Waals surface area contributed by atoms with Gasteiger partial charge in [-0.05, 0) is 82.3 Å². The normalized spacial score (nSPS) is 11.6. The van der Waals surface area contributed by atoms with Crippen LogP contribution in [0.1, 0.15) is 11.5 Å². The number of aliphatic hydroxyl groups excluding tert-OH is 1. The van der Waals surface area contributed by atoms with Crippen LogP contribution in [0.4, 0.5) is 11.8 Å². The number of nitrogens with two attached hydrogens (primary N) is 1. The molecule has 0 fully saturated rings. The third-order valence-electron chi connectivity index (χ3n) is 6.97. The van der Waals surface area contributed by atoms with E-state index in [0.29, 0.717) is 0 Å². The molecule has 0 amide bonds. The van der Waals surface area contributed by atoms with Crippen LogP contribution in [-0.4, -0.2) is 79.7 Å². The lowest BCUT2D eigenvalue weighted by Gasteiger charge is -2.20. The van der Waals surface area contributed by atoms with Crippen LogP contribution < -0.4 is 15.9 Å². The van der Waals surface area contributed by atoms with Gasteiger partial charge in [0.1, 0.15) is 34.6 Å². The van der Waals surface area contributed by atoms with E-state index >= 15 is 0 Å². The van der Waals surface area contributed by atoms with Crippen LogP contribution in [0.3, 0.4) is 0 Å². The quantitative estimate of drug-likeness (QED) is 0.0177. The maximum atomic E-state index is 13.3. The number of aliphatic hydroxyl groups is 1. The molecular formula is C34H41Cl4N5O19P2S3. The minimum atomic E-state index is -4.06. The molecule has 5 N–H and O–H groups in total. The number of nitrogens with zero attached hydrogens (tertiary/aromatic N) is 2. The van der Waals surface area contributed by atoms with Crippen LogP contribution in [0.15, 0.2) is 139 Å². The Balaban J connectivity index is 0.000000623. The first-order valence-electron chi connectivity index (χ1n) is 18.0. The number of benzene rings is 3. The van der Waals surface area contributed by atoms with E-state index < -0.39 is 78.8 Å². The van der Waals surface area contributed by atoms with Crippen LogP contribution >= 0.6 is 59.0 Å². The molecule has 2 aromatic heterocycles. The summed E-state index contributed by atoms with van der Waals surface area (Å²) in [6.45, 7) is -1.95. The highest BCUT2D eigenvalue weighted by molar-refractivity contribution is 8.24. The van der Waals surface area contributed by atoms with Gasteiger partial charge in [0.15, 0.2) is 0 Å². The second-order valence-electron chi connectivity index (χ2n) is 11.7. The Labute approximate surface area is 404 Å². The molecule has 0 aliphatic carbocycles. The lowest BCUT2D eigenvalue weighted by Crippen LogP contribution is -2.30. The molecule has 24 nitrogen and oxygen atoms in total. The van der Waals surface area contributed by atoms with E-state index in [-0.39, 0.29) is 77.3 Å². The van der Waals surface area contributed by atoms with Crippen molar-refractivity contribution >= 4 is 101 Å². The van der Waals surface area contributed by atoms with Crippen molar-refractivity contribution < 1.29 is 75.2 Å². The Morgan fingerprint density at radius 2 is 0.925 bits per heavy atom. The van der Waals surface area contributed by atoms with Crippen LogP contribution in [0.5, 0.6) is 0 Å². The van der Waals surface area contributed by atoms with E-state index in [1.54, 1.807) is 30.3 Å². The molecule has 0 unspecified atom stereocenters. The summed E-state index contributed by atoms with van der Waals surface area (Å²) >= 11 is 13.8. The van der Waals surface area contributed by atoms with Gasteiger partial charge >= 0.3 is 24.6 Å². The molecule has 2 heterocycles. The van der Waals surface area contributed by atoms with Gasteiger partial charge in [-0.1, -0.05) is 54.6 Å². The number of nitrogens with one attached hydrogen (secondary N) is 2. The molecule has 0 spiro atoms. The van der Waals surface area contributed by atoms with Crippen molar-refractivity contribution in [1.82, 2.24) is 10.2 Å². The maximum absolute atomic E-state index is 13.3. The summed E-state index contributed by atoms with van der Waals surface area (Å²) in [6.07, 6.45) is 0. The SMILES string of the molecule is Cl.NCCOS(=O)(=O)c1ccccc1.O=P(Cl)(Cl)Cl.O=[N+]([O-])c1ccc(CO)o1.O=[N+]([O-])c1ccc(COP(=O)(NCCOS(=O)(=O)c2ccccc2)NCCOS(=O)(=O)c2ccccc2)o1. The van der Waals surface area contributed by atoms with Crippen LogP contribution in [0.25, 0.3) is 0 Å². The fourth-order valence-electron chi connectivity index (χ4n) is 4.21. The van der Waals surface area contributed by atoms with Crippen molar-refractivity contribution in [1.29, 1.82) is 0 Å². The van der Waals surface area contributed by atoms with E-state index in [1.165, 1.54) is 78.9 Å². The Kier molecular flexibility index (Phi) is 27.3. The molecule has 372 valence electrons. The molecule has 0 aliphatic rings. The predicted octanol–water partition coefficient (Wildman–Crippen LogP) is 7.07. The Bertz CT molecular complexity index is 2610. The summed E-state index contributed by atoms with van der Waals surface area (Å²) in [4.78, 5) is 19.4. The molecular weight excluding hydrogens is 1080 g/mol. The summed E-state index contributed by atoms with van der Waals surface area (Å²) in [5.74, 6) is -0.694. The lowest BCUT2D eigenvalue weighted by molar-refractivity contribution is -0.402. The van der Waals surface area contributed by atoms with Crippen LogP contribution in [0, 0.1) is 20.2 Å². The maximum Gasteiger partial charge on any atom is 0.433 e. The highest BCUT2D eigenvalue weighted by Gasteiger charge is 2.25. The van der Waals surface area contributed by atoms with Crippen LogP contribution in [-0.2, 0) is 69.8 Å². The van der Waals surface area contributed by atoms with Crippen molar-refractivity contribution in [3.63, 3.8) is 0 Å². The zero-order valence-corrected chi connectivity index (χ0v) is 41.4. The summed E-state index contributed by atoms with van der Waals surface area (Å²) in [7, 11) is -15.7. The summed E-state index contributed by atoms with van der Waals surface area (Å²) in [5.41, 5.74) is 5.12. The Morgan fingerprint density at radius 3 is 1.22 bits per heavy atom. The van der Waals surface area contributed by atoms with Gasteiger partial charge in [0.25, 0.3) is 30.4 Å². The molecule has 0 saturated heterocycles. The van der Waals surface area contributed by atoms with Gasteiger partial charge in [-0.25, -0.2) is 10.2 Å². The molecule has 3 aromatic carbocycles. The average Bonchev–Trinajstić information content (AvgIpc) is 3.98. The fourth-order valence-corrected chi connectivity index (χ4v) is 8.38. The van der Waals surface area contributed by atoms with Gasteiger partial charge in [0, 0.05) is 19.6 Å². The van der Waals surface area contributed by atoms with Crippen molar-refractivity contribution in [3.8, 4) is 0 Å². The average molecular weight is 1120 g/mol. The number of nitro groups is 2. The monoisotopic (exact) mass is 1120 g/mol. The summed E-state index contributed by atoms with van der Waals surface area (Å²) < 4.78 is 124. The Morgan fingerprint density at radius 1 is 0.597 bits per heavy atom. The zero-order valence-electron chi connectivity index (χ0n) is 34.1. The molecule has 67 heavy (non-hydrogen) atoms. The molecule has 0 atom stereocenters. The standard InChI is InChI=1S/C21H24N3O11PS2.C8H11NO3S.C5H5NO4.Cl3OP.ClH/c25-24(26)21-12-11-18(35-21)17-32-36(27,22-13-15-33-37(28,29)19-7-3-1-4-8-19)23-14-16-34-38(30,31)20-9-5-2-6-10-20;9-6-7-12-13(10,11)8-4-2-1-3-5-8;7-3-4-1-2-5(10-4)6(8)9;1-5(2,3)4;/h1-12H,13-17H2,(H2,22,23,27);1-5H,6-7,9H2;1-2,7H,3H2;;1H. The highest BCUT2D eigenvalue weighted by Crippen LogP contribution is 2.61. The largest absolute Gasteiger partial charge is 0.433 e. The van der Waals surface area contributed by atoms with Gasteiger partial charge in [-0.2, -0.15) is 25.3 Å². The number of hydrogen-bond acceptors (Lipinski definition) is 20. The van der Waals surface area contributed by atoms with Crippen molar-refractivity contribution in [2.45, 2.75) is 27.9 Å². The van der Waals surface area contributed by atoms with E-state index in [2.05, 4.69) is 52.5 Å². The first kappa shape index (κ1) is 61.2. The van der Waals surface area contributed by atoms with Gasteiger partial charge < -0.3 is 19.7 Å². The van der Waals surface area contributed by atoms with Crippen molar-refractivity contribution in [2.75, 3.05) is 39.5 Å². The Hall–Kier alpha value is -3.83. The van der Waals surface area contributed by atoms with Gasteiger partial charge in [-0.3, -0.25) is 46.4 Å². The van der Waals surface area contributed by atoms with Crippen LogP contribution in [0.2, 0.25) is 0 Å². The molecule has 0 bridgehead atoms. The van der Waals surface area contributed by atoms with E-state index in [4.69, 9.17) is 28.1 Å². The fraction of sp³-hybridized carbons (Fsp3) is 0.235. The molecule has 0 aliphatic heterocycles. The summed E-state index contributed by atoms with van der Waals surface area (Å²) in [5, 5.41) is 31.0. The molecule has 0 radical (unpaired) electrons. The van der Waals surface area contributed by atoms with E-state index in [0.717, 1.165) is 6.07 Å². The smallest absolute Gasteiger partial charge is 0.403 e. The minimum absolute atomic E-state index is 0. The van der Waals surface area contributed by atoms with Crippen molar-refractivity contribution in [2.24, 2.45) is 5.73 Å². The molecule has 5 rings (SSSR count). The number of halogens is 4. The molecule has 0 saturated carbocycles.